The van der Waals surface area contributed by atoms with Crippen LogP contribution < -0.4 is 10.2 Å². The van der Waals surface area contributed by atoms with Gasteiger partial charge in [0.2, 0.25) is 11.8 Å². The lowest BCUT2D eigenvalue weighted by atomic mass is 10.1. The van der Waals surface area contributed by atoms with Crippen LogP contribution in [0.5, 0.6) is 0 Å². The number of carbonyl (C=O) groups excluding carboxylic acids is 2. The van der Waals surface area contributed by atoms with Crippen LogP contribution in [0.25, 0.3) is 0 Å². The molecule has 0 saturated carbocycles. The van der Waals surface area contributed by atoms with Gasteiger partial charge in [0.1, 0.15) is 5.76 Å². The van der Waals surface area contributed by atoms with Crippen LogP contribution in [0.2, 0.25) is 5.02 Å². The molecule has 6 nitrogen and oxygen atoms in total. The van der Waals surface area contributed by atoms with Gasteiger partial charge in [0.25, 0.3) is 0 Å². The number of amides is 2. The molecule has 120 valence electrons. The van der Waals surface area contributed by atoms with Crippen molar-refractivity contribution in [3.05, 3.63) is 40.6 Å². The fraction of sp³-hybridized carbons (Fsp3) is 0.312. The minimum absolute atomic E-state index is 0.138. The Labute approximate surface area is 138 Å². The van der Waals surface area contributed by atoms with Crippen molar-refractivity contribution < 1.29 is 14.1 Å². The maximum atomic E-state index is 12.4. The fourth-order valence-corrected chi connectivity index (χ4v) is 2.72. The summed E-state index contributed by atoms with van der Waals surface area (Å²) >= 11 is 5.96. The van der Waals surface area contributed by atoms with Gasteiger partial charge in [0, 0.05) is 29.7 Å². The SMILES string of the molecule is Cc1cc(N2CC(C(=O)Nc3cc(Cl)ccc3C)CC2=O)no1. The van der Waals surface area contributed by atoms with E-state index < -0.39 is 5.92 Å². The van der Waals surface area contributed by atoms with Crippen molar-refractivity contribution in [1.29, 1.82) is 0 Å². The molecule has 0 aliphatic carbocycles. The number of aromatic nitrogens is 1. The largest absolute Gasteiger partial charge is 0.360 e. The highest BCUT2D eigenvalue weighted by Crippen LogP contribution is 2.27. The van der Waals surface area contributed by atoms with Gasteiger partial charge in [-0.15, -0.1) is 0 Å². The molecule has 1 aromatic heterocycles. The third-order valence-electron chi connectivity index (χ3n) is 3.85. The van der Waals surface area contributed by atoms with Crippen LogP contribution in [0, 0.1) is 19.8 Å². The van der Waals surface area contributed by atoms with Gasteiger partial charge in [0.15, 0.2) is 5.82 Å². The summed E-state index contributed by atoms with van der Waals surface area (Å²) in [5, 5.41) is 7.23. The summed E-state index contributed by atoms with van der Waals surface area (Å²) in [7, 11) is 0. The second kappa shape index (κ2) is 6.04. The van der Waals surface area contributed by atoms with Crippen molar-refractivity contribution >= 4 is 34.9 Å². The number of nitrogens with zero attached hydrogens (tertiary/aromatic N) is 2. The van der Waals surface area contributed by atoms with Crippen LogP contribution in [0.1, 0.15) is 17.7 Å². The lowest BCUT2D eigenvalue weighted by Crippen LogP contribution is -2.28. The van der Waals surface area contributed by atoms with Crippen molar-refractivity contribution in [1.82, 2.24) is 5.16 Å². The van der Waals surface area contributed by atoms with E-state index in [1.165, 1.54) is 4.90 Å². The van der Waals surface area contributed by atoms with Crippen LogP contribution >= 0.6 is 11.6 Å². The lowest BCUT2D eigenvalue weighted by Gasteiger charge is -2.14. The van der Waals surface area contributed by atoms with Crippen molar-refractivity contribution in [2.75, 3.05) is 16.8 Å². The van der Waals surface area contributed by atoms with Crippen LogP contribution in [0.3, 0.4) is 0 Å². The van der Waals surface area contributed by atoms with E-state index in [2.05, 4.69) is 10.5 Å². The van der Waals surface area contributed by atoms with E-state index >= 15 is 0 Å². The number of aryl methyl sites for hydroxylation is 2. The average molecular weight is 334 g/mol. The first-order chi connectivity index (χ1) is 10.9. The smallest absolute Gasteiger partial charge is 0.229 e. The summed E-state index contributed by atoms with van der Waals surface area (Å²) in [5.74, 6) is 0.294. The molecular formula is C16H16ClN3O3. The van der Waals surface area contributed by atoms with Gasteiger partial charge in [-0.25, -0.2) is 0 Å². The van der Waals surface area contributed by atoms with E-state index in [1.54, 1.807) is 25.1 Å². The number of hydrogen-bond donors (Lipinski definition) is 1. The molecule has 1 aliphatic rings. The Morgan fingerprint density at radius 1 is 1.39 bits per heavy atom. The molecule has 1 saturated heterocycles. The molecule has 2 aromatic rings. The molecule has 0 spiro atoms. The third kappa shape index (κ3) is 3.22. The summed E-state index contributed by atoms with van der Waals surface area (Å²) in [6.07, 6.45) is 0.150. The molecule has 0 radical (unpaired) electrons. The predicted molar refractivity (Wildman–Crippen MR) is 86.5 cm³/mol. The summed E-state index contributed by atoms with van der Waals surface area (Å²) in [6.45, 7) is 3.93. The molecule has 1 aliphatic heterocycles. The molecule has 1 aromatic carbocycles. The number of nitrogens with one attached hydrogen (secondary N) is 1. The second-order valence-electron chi connectivity index (χ2n) is 5.65. The first-order valence-electron chi connectivity index (χ1n) is 7.25. The van der Waals surface area contributed by atoms with Gasteiger partial charge >= 0.3 is 0 Å². The minimum Gasteiger partial charge on any atom is -0.360 e. The molecule has 3 rings (SSSR count). The Kier molecular flexibility index (Phi) is 4.09. The third-order valence-corrected chi connectivity index (χ3v) is 4.08. The normalized spacial score (nSPS) is 17.6. The van der Waals surface area contributed by atoms with Gasteiger partial charge in [-0.05, 0) is 31.5 Å². The zero-order valence-corrected chi connectivity index (χ0v) is 13.6. The molecule has 1 unspecified atom stereocenters. The molecule has 2 amide bonds. The van der Waals surface area contributed by atoms with Crippen molar-refractivity contribution in [3.8, 4) is 0 Å². The van der Waals surface area contributed by atoms with E-state index in [0.29, 0.717) is 22.3 Å². The van der Waals surface area contributed by atoms with Gasteiger partial charge in [-0.3, -0.25) is 14.5 Å². The standard InChI is InChI=1S/C16H16ClN3O3/c1-9-3-4-12(17)7-13(9)18-16(22)11-6-15(21)20(8-11)14-5-10(2)23-19-14/h3-5,7,11H,6,8H2,1-2H3,(H,18,22). The Morgan fingerprint density at radius 2 is 2.17 bits per heavy atom. The second-order valence-corrected chi connectivity index (χ2v) is 6.09. The van der Waals surface area contributed by atoms with Gasteiger partial charge in [-0.2, -0.15) is 0 Å². The highest BCUT2D eigenvalue weighted by atomic mass is 35.5. The van der Waals surface area contributed by atoms with E-state index in [1.807, 2.05) is 13.0 Å². The molecule has 1 atom stereocenters. The number of anilines is 2. The quantitative estimate of drug-likeness (QED) is 0.937. The van der Waals surface area contributed by atoms with Gasteiger partial charge < -0.3 is 9.84 Å². The highest BCUT2D eigenvalue weighted by molar-refractivity contribution is 6.31. The number of carbonyl (C=O) groups is 2. The molecule has 23 heavy (non-hydrogen) atoms. The first-order valence-corrected chi connectivity index (χ1v) is 7.62. The zero-order chi connectivity index (χ0) is 16.6. The Bertz CT molecular complexity index is 772. The molecule has 7 heteroatoms. The molecular weight excluding hydrogens is 318 g/mol. The lowest BCUT2D eigenvalue weighted by molar-refractivity contribution is -0.122. The summed E-state index contributed by atoms with van der Waals surface area (Å²) in [5.41, 5.74) is 1.57. The maximum absolute atomic E-state index is 12.4. The first kappa shape index (κ1) is 15.6. The van der Waals surface area contributed by atoms with E-state index in [-0.39, 0.29) is 24.8 Å². The minimum atomic E-state index is -0.433. The Morgan fingerprint density at radius 3 is 2.87 bits per heavy atom. The van der Waals surface area contributed by atoms with Crippen molar-refractivity contribution in [2.24, 2.45) is 5.92 Å². The monoisotopic (exact) mass is 333 g/mol. The topological polar surface area (TPSA) is 75.4 Å². The van der Waals surface area contributed by atoms with Gasteiger partial charge in [0.05, 0.1) is 5.92 Å². The molecule has 0 bridgehead atoms. The van der Waals surface area contributed by atoms with Crippen LogP contribution in [-0.4, -0.2) is 23.5 Å². The fourth-order valence-electron chi connectivity index (χ4n) is 2.55. The zero-order valence-electron chi connectivity index (χ0n) is 12.8. The number of benzene rings is 1. The number of hydrogen-bond acceptors (Lipinski definition) is 4. The van der Waals surface area contributed by atoms with Crippen LogP contribution in [0.15, 0.2) is 28.8 Å². The number of halogens is 1. The van der Waals surface area contributed by atoms with E-state index in [0.717, 1.165) is 5.56 Å². The summed E-state index contributed by atoms with van der Waals surface area (Å²) in [6, 6.07) is 6.98. The highest BCUT2D eigenvalue weighted by Gasteiger charge is 2.36. The van der Waals surface area contributed by atoms with Gasteiger partial charge in [-0.1, -0.05) is 22.8 Å². The van der Waals surface area contributed by atoms with E-state index in [4.69, 9.17) is 16.1 Å². The van der Waals surface area contributed by atoms with E-state index in [9.17, 15) is 9.59 Å². The summed E-state index contributed by atoms with van der Waals surface area (Å²) < 4.78 is 4.99. The molecule has 2 heterocycles. The van der Waals surface area contributed by atoms with Crippen molar-refractivity contribution in [2.45, 2.75) is 20.3 Å². The van der Waals surface area contributed by atoms with Crippen molar-refractivity contribution in [3.63, 3.8) is 0 Å². The van der Waals surface area contributed by atoms with Crippen LogP contribution in [0.4, 0.5) is 11.5 Å². The predicted octanol–water partition coefficient (Wildman–Crippen LogP) is 2.94. The van der Waals surface area contributed by atoms with Crippen LogP contribution in [-0.2, 0) is 9.59 Å². The number of rotatable bonds is 3. The summed E-state index contributed by atoms with van der Waals surface area (Å²) in [4.78, 5) is 26.0. The molecule has 1 N–H and O–H groups in total. The maximum Gasteiger partial charge on any atom is 0.229 e. The Balaban J connectivity index is 1.71. The molecule has 1 fully saturated rings. The average Bonchev–Trinajstić information content (AvgIpc) is 3.09. The Hall–Kier alpha value is -2.34.